The van der Waals surface area contributed by atoms with Gasteiger partial charge < -0.3 is 15.3 Å². The van der Waals surface area contributed by atoms with Crippen LogP contribution in [0.3, 0.4) is 0 Å². The van der Waals surface area contributed by atoms with Gasteiger partial charge in [0.15, 0.2) is 17.3 Å². The fraction of sp³-hybridized carbons (Fsp3) is 0.514. The number of allylic oxidation sites excluding steroid dienone is 6. The molecule has 0 spiro atoms. The first-order chi connectivity index (χ1) is 57.7. The summed E-state index contributed by atoms with van der Waals surface area (Å²) in [5, 5.41) is 33.8. The number of aliphatic hydroxyl groups excluding tert-OH is 3. The monoisotopic (exact) mass is 2200 g/mol. The van der Waals surface area contributed by atoms with Crippen molar-refractivity contribution in [1.82, 2.24) is 15.0 Å². The largest absolute Gasteiger partial charge is 0.512 e. The molecule has 9 aromatic rings. The Balaban J connectivity index is 0.000000313. The van der Waals surface area contributed by atoms with Gasteiger partial charge in [-0.25, -0.2) is 0 Å². The fourth-order valence-corrected chi connectivity index (χ4v) is 18.1. The molecule has 12 heteroatoms. The van der Waals surface area contributed by atoms with Gasteiger partial charge in [0.25, 0.3) is 0 Å². The number of aliphatic hydroxyl groups is 3. The Kier molecular flexibility index (Phi) is 49.7. The smallest absolute Gasteiger partial charge is 0.164 e. The molecule has 3 fully saturated rings. The molecule has 3 aliphatic rings. The molecule has 0 aliphatic heterocycles. The van der Waals surface area contributed by atoms with Crippen LogP contribution in [0.25, 0.3) is 66.5 Å². The number of benzene rings is 6. The Hall–Kier alpha value is -6.87. The van der Waals surface area contributed by atoms with Crippen LogP contribution in [0.1, 0.15) is 308 Å². The molecule has 3 heterocycles. The summed E-state index contributed by atoms with van der Waals surface area (Å²) in [7, 11) is 0. The third-order valence-electron chi connectivity index (χ3n) is 26.0. The molecule has 9 nitrogen and oxygen atoms in total. The molecule has 0 unspecified atom stereocenters. The van der Waals surface area contributed by atoms with Crippen LogP contribution in [0.2, 0.25) is 0 Å². The van der Waals surface area contributed by atoms with E-state index in [9.17, 15) is 29.7 Å². The van der Waals surface area contributed by atoms with Crippen LogP contribution in [0.4, 0.5) is 0 Å². The average Bonchev–Trinajstić information content (AvgIpc) is 1.40. The van der Waals surface area contributed by atoms with Gasteiger partial charge >= 0.3 is 0 Å². The van der Waals surface area contributed by atoms with Crippen molar-refractivity contribution in [2.75, 3.05) is 0 Å². The fourth-order valence-electron chi connectivity index (χ4n) is 18.1. The molecule has 3 N–H and O–H groups in total. The molecule has 3 radical (unpaired) electrons. The van der Waals surface area contributed by atoms with Gasteiger partial charge in [-0.05, 0) is 180 Å². The number of carbonyl (C=O) groups is 3. The summed E-state index contributed by atoms with van der Waals surface area (Å²) in [6.45, 7) is 40.5. The third-order valence-corrected chi connectivity index (χ3v) is 26.0. The van der Waals surface area contributed by atoms with Crippen molar-refractivity contribution in [3.63, 3.8) is 0 Å². The molecule has 3 aromatic heterocycles. The van der Waals surface area contributed by atoms with E-state index in [-0.39, 0.29) is 119 Å². The number of fused-ring (bicyclic) bond motifs is 3. The number of hydrogen-bond acceptors (Lipinski definition) is 9. The van der Waals surface area contributed by atoms with E-state index in [1.54, 1.807) is 13.8 Å². The Morgan fingerprint density at radius 1 is 0.350 bits per heavy atom. The van der Waals surface area contributed by atoms with Crippen molar-refractivity contribution in [3.05, 3.63) is 230 Å². The third kappa shape index (κ3) is 32.7. The molecular weight excluding hydrogens is 2050 g/mol. The molecule has 123 heavy (non-hydrogen) atoms. The van der Waals surface area contributed by atoms with E-state index in [0.29, 0.717) is 22.7 Å². The molecule has 12 rings (SSSR count). The van der Waals surface area contributed by atoms with Crippen molar-refractivity contribution >= 4 is 50.1 Å². The number of Topliss-reactive ketones (excluding diaryl/α,β-unsaturated/α-hetero) is 2. The number of carbonyl (C=O) groups excluding carboxylic acids is 3. The summed E-state index contributed by atoms with van der Waals surface area (Å²) < 4.78 is 0. The average molecular weight is 2200 g/mol. The molecular formula is C111H150Ir3N3O6-3. The van der Waals surface area contributed by atoms with Crippen LogP contribution in [-0.4, -0.2) is 47.6 Å². The first kappa shape index (κ1) is 108. The second-order valence-corrected chi connectivity index (χ2v) is 35.0. The van der Waals surface area contributed by atoms with Crippen LogP contribution < -0.4 is 0 Å². The van der Waals surface area contributed by atoms with Crippen LogP contribution in [0.15, 0.2) is 162 Å². The summed E-state index contributed by atoms with van der Waals surface area (Å²) >= 11 is 0. The summed E-state index contributed by atoms with van der Waals surface area (Å²) in [5.74, 6) is 4.40. The number of rotatable bonds is 30. The van der Waals surface area contributed by atoms with Gasteiger partial charge in [-0.3, -0.25) is 29.3 Å². The summed E-state index contributed by atoms with van der Waals surface area (Å²) in [6, 6.07) is 56.3. The Morgan fingerprint density at radius 3 is 0.870 bits per heavy atom. The summed E-state index contributed by atoms with van der Waals surface area (Å²) in [5.41, 5.74) is 22.5. The number of aryl methyl sites for hydroxylation is 6. The van der Waals surface area contributed by atoms with E-state index >= 15 is 0 Å². The van der Waals surface area contributed by atoms with Crippen LogP contribution in [0, 0.1) is 113 Å². The summed E-state index contributed by atoms with van der Waals surface area (Å²) in [6.07, 6.45) is 33.6. The van der Waals surface area contributed by atoms with Crippen LogP contribution in [-0.2, 0) is 94.0 Å². The van der Waals surface area contributed by atoms with Crippen molar-refractivity contribution in [2.45, 2.75) is 318 Å². The molecule has 3 saturated carbocycles. The Bertz CT molecular complexity index is 4710. The molecule has 6 aromatic carbocycles. The number of ketones is 3. The summed E-state index contributed by atoms with van der Waals surface area (Å²) in [4.78, 5) is 50.7. The molecule has 0 amide bonds. The van der Waals surface area contributed by atoms with E-state index in [4.69, 9.17) is 15.0 Å². The van der Waals surface area contributed by atoms with Crippen molar-refractivity contribution in [2.24, 2.45) is 53.3 Å². The van der Waals surface area contributed by atoms with E-state index in [2.05, 4.69) is 187 Å². The quantitative estimate of drug-likeness (QED) is 0.0173. The van der Waals surface area contributed by atoms with Crippen molar-refractivity contribution in [1.29, 1.82) is 0 Å². The normalized spacial score (nSPS) is 14.1. The standard InChI is InChI=1S/C25H28N.C23H24N.C22H22N.2C14H26O2.C13H24O2.3Ir/c1-18-14-19(2)16-22(15-18)24-13-12-23-21(10-7-11-25(23)26-24)17-20-8-5-3-4-6-9-20;1-16-12-17(2)14-20(13-16)22-11-10-21-19(8-5-9-23(21)24-22)15-18-6-3-4-7-18;1-15-11-16(2)13-19(12-15)21-10-9-20-18(14-17-5-3-6-17)7-4-8-22(20)23-21;2*1-6-11(7-2)13(15)10(5)14(16)12(8-3)9-4;1-5-10(6-2)12(14)9-13(15)11(7-3)8-4;;;/h7,10-15,20H,3-6,8-9,17H2,1-2H3;5,8-13,18H,3-4,6-7,15H2,1-2H3;4,7-12,17H,3,5-6,14H2,1-2H3;2*11-12,15H,6-9H2,1-5H3;9-11,14H,5-8H2,1-4H3;;;/q3*-1;;;;;;. The SMILES string of the molecule is CCC(CC)C(=O)C(C)=C(O)C(CC)CC.CCC(CC)C(=O)C(C)=C(O)C(CC)CC.CCC(CC)C(=O)C=C(O)C(CC)CC.Cc1[c-]c(-c2ccc3c(CC4CCC4)cccc3n2)cc(C)c1.Cc1[c-]c(-c2ccc3c(CC4CCCC4)cccc3n2)cc(C)c1.Cc1[c-]c(-c2ccc3c(CC4CCCCCC4)cccc3n2)cc(C)c1.[Ir].[Ir].[Ir]. The van der Waals surface area contributed by atoms with Gasteiger partial charge in [-0.2, -0.15) is 0 Å². The first-order valence-corrected chi connectivity index (χ1v) is 46.7. The van der Waals surface area contributed by atoms with Crippen molar-refractivity contribution in [3.8, 4) is 33.8 Å². The zero-order valence-electron chi connectivity index (χ0n) is 78.6. The molecule has 0 bridgehead atoms. The zero-order chi connectivity index (χ0) is 87.5. The van der Waals surface area contributed by atoms with Gasteiger partial charge in [-0.15, -0.1) is 105 Å². The van der Waals surface area contributed by atoms with Gasteiger partial charge in [0.2, 0.25) is 0 Å². The molecule has 0 saturated heterocycles. The zero-order valence-corrected chi connectivity index (χ0v) is 85.8. The van der Waals surface area contributed by atoms with E-state index < -0.39 is 0 Å². The van der Waals surface area contributed by atoms with Crippen LogP contribution in [0.5, 0.6) is 0 Å². The maximum absolute atomic E-state index is 12.1. The maximum Gasteiger partial charge on any atom is 0.164 e. The topological polar surface area (TPSA) is 151 Å². The Morgan fingerprint density at radius 2 is 0.618 bits per heavy atom. The minimum Gasteiger partial charge on any atom is -0.512 e. The van der Waals surface area contributed by atoms with E-state index in [1.807, 2.05) is 83.1 Å². The molecule has 0 atom stereocenters. The number of pyridine rings is 3. The number of hydrogen-bond donors (Lipinski definition) is 3. The molecule has 675 valence electrons. The van der Waals surface area contributed by atoms with Gasteiger partial charge in [-0.1, -0.05) is 281 Å². The van der Waals surface area contributed by atoms with Crippen molar-refractivity contribution < 1.29 is 90.0 Å². The van der Waals surface area contributed by atoms with E-state index in [1.165, 1.54) is 175 Å². The van der Waals surface area contributed by atoms with Gasteiger partial charge in [0, 0.05) is 129 Å². The minimum absolute atomic E-state index is 0. The predicted molar refractivity (Wildman–Crippen MR) is 509 cm³/mol. The molecule has 3 aliphatic carbocycles. The second kappa shape index (κ2) is 56.4. The predicted octanol–water partition coefficient (Wildman–Crippen LogP) is 30.9. The van der Waals surface area contributed by atoms with Gasteiger partial charge in [0.05, 0.1) is 22.3 Å². The number of aromatic nitrogens is 3. The van der Waals surface area contributed by atoms with Gasteiger partial charge in [0.1, 0.15) is 11.5 Å². The minimum atomic E-state index is 0. The Labute approximate surface area is 784 Å². The van der Waals surface area contributed by atoms with Crippen LogP contribution >= 0.6 is 0 Å². The second-order valence-electron chi connectivity index (χ2n) is 35.0. The maximum atomic E-state index is 12.1. The first-order valence-electron chi connectivity index (χ1n) is 46.7. The number of nitrogens with zero attached hydrogens (tertiary/aromatic N) is 3. The van der Waals surface area contributed by atoms with E-state index in [0.717, 1.165) is 145 Å².